The van der Waals surface area contributed by atoms with Crippen LogP contribution in [0.3, 0.4) is 0 Å². The van der Waals surface area contributed by atoms with Crippen molar-refractivity contribution in [2.45, 2.75) is 0 Å². The van der Waals surface area contributed by atoms with Crippen LogP contribution in [-0.2, 0) is 7.05 Å². The molecule has 0 fully saturated rings. The van der Waals surface area contributed by atoms with Gasteiger partial charge in [-0.15, -0.1) is 0 Å². The summed E-state index contributed by atoms with van der Waals surface area (Å²) in [6, 6.07) is 7.78. The molecule has 0 bridgehead atoms. The minimum absolute atomic E-state index is 0.755. The highest BCUT2D eigenvalue weighted by molar-refractivity contribution is 14.1. The Labute approximate surface area is 101 Å². The average Bonchev–Trinajstić information content (AvgIpc) is 2.49. The normalized spacial score (nSPS) is 10.5. The van der Waals surface area contributed by atoms with Crippen LogP contribution in [0.2, 0.25) is 5.02 Å². The van der Waals surface area contributed by atoms with Gasteiger partial charge in [-0.1, -0.05) is 23.7 Å². The number of aromatic nitrogens is 2. The van der Waals surface area contributed by atoms with Gasteiger partial charge in [0, 0.05) is 17.6 Å². The van der Waals surface area contributed by atoms with Crippen LogP contribution in [0.5, 0.6) is 0 Å². The monoisotopic (exact) mass is 318 g/mol. The zero-order valence-electron chi connectivity index (χ0n) is 7.54. The van der Waals surface area contributed by atoms with Gasteiger partial charge in [-0.25, -0.2) is 0 Å². The second-order valence-electron chi connectivity index (χ2n) is 2.97. The molecule has 0 spiro atoms. The lowest BCUT2D eigenvalue weighted by Gasteiger charge is -2.02. The van der Waals surface area contributed by atoms with Gasteiger partial charge in [-0.05, 0) is 34.7 Å². The van der Waals surface area contributed by atoms with Gasteiger partial charge in [0.1, 0.15) is 0 Å². The maximum atomic E-state index is 5.83. The second-order valence-corrected chi connectivity index (χ2v) is 4.57. The third-order valence-corrected chi connectivity index (χ3v) is 3.05. The molecule has 0 aliphatic carbocycles. The molecule has 14 heavy (non-hydrogen) atoms. The molecule has 4 heteroatoms. The molecule has 0 amide bonds. The van der Waals surface area contributed by atoms with Crippen molar-refractivity contribution in [1.29, 1.82) is 0 Å². The number of hydrogen-bond donors (Lipinski definition) is 0. The van der Waals surface area contributed by atoms with Gasteiger partial charge < -0.3 is 0 Å². The standard InChI is InChI=1S/C10H8ClIN2/c1-14-10(9(12)6-13-14)7-2-4-8(11)5-3-7/h2-6H,1H3. The van der Waals surface area contributed by atoms with Crippen molar-refractivity contribution >= 4 is 34.2 Å². The third-order valence-electron chi connectivity index (χ3n) is 2.01. The van der Waals surface area contributed by atoms with Crippen molar-refractivity contribution in [2.75, 3.05) is 0 Å². The lowest BCUT2D eigenvalue weighted by Crippen LogP contribution is -1.93. The quantitative estimate of drug-likeness (QED) is 0.737. The van der Waals surface area contributed by atoms with Crippen molar-refractivity contribution in [3.63, 3.8) is 0 Å². The fourth-order valence-corrected chi connectivity index (χ4v) is 2.25. The van der Waals surface area contributed by atoms with Crippen LogP contribution in [0.15, 0.2) is 30.5 Å². The van der Waals surface area contributed by atoms with E-state index in [-0.39, 0.29) is 0 Å². The first-order valence-corrected chi connectivity index (χ1v) is 5.57. The van der Waals surface area contributed by atoms with Crippen LogP contribution < -0.4 is 0 Å². The fourth-order valence-electron chi connectivity index (χ4n) is 1.34. The maximum Gasteiger partial charge on any atom is 0.0812 e. The summed E-state index contributed by atoms with van der Waals surface area (Å²) in [5, 5.41) is 4.95. The summed E-state index contributed by atoms with van der Waals surface area (Å²) >= 11 is 8.11. The van der Waals surface area contributed by atoms with Gasteiger partial charge in [0.15, 0.2) is 0 Å². The van der Waals surface area contributed by atoms with E-state index in [1.54, 1.807) is 0 Å². The fraction of sp³-hybridized carbons (Fsp3) is 0.100. The zero-order chi connectivity index (χ0) is 10.1. The van der Waals surface area contributed by atoms with Gasteiger partial charge in [0.25, 0.3) is 0 Å². The summed E-state index contributed by atoms with van der Waals surface area (Å²) in [6.45, 7) is 0. The van der Waals surface area contributed by atoms with Crippen molar-refractivity contribution in [1.82, 2.24) is 9.78 Å². The first-order valence-electron chi connectivity index (χ1n) is 4.12. The number of halogens is 2. The van der Waals surface area contributed by atoms with E-state index in [2.05, 4.69) is 27.7 Å². The van der Waals surface area contributed by atoms with Gasteiger partial charge in [0.2, 0.25) is 0 Å². The molecule has 72 valence electrons. The molecule has 1 heterocycles. The average molecular weight is 319 g/mol. The van der Waals surface area contributed by atoms with E-state index in [1.807, 2.05) is 42.2 Å². The number of hydrogen-bond acceptors (Lipinski definition) is 1. The van der Waals surface area contributed by atoms with Gasteiger partial charge in [-0.3, -0.25) is 4.68 Å². The minimum atomic E-state index is 0.755. The third kappa shape index (κ3) is 1.79. The Morgan fingerprint density at radius 2 is 1.93 bits per heavy atom. The SMILES string of the molecule is Cn1ncc(I)c1-c1ccc(Cl)cc1. The summed E-state index contributed by atoms with van der Waals surface area (Å²) in [7, 11) is 1.94. The first kappa shape index (κ1) is 9.98. The molecule has 2 nitrogen and oxygen atoms in total. The van der Waals surface area contributed by atoms with Gasteiger partial charge in [-0.2, -0.15) is 5.10 Å². The molecule has 0 saturated heterocycles. The summed E-state index contributed by atoms with van der Waals surface area (Å²) in [5.74, 6) is 0. The van der Waals surface area contributed by atoms with E-state index >= 15 is 0 Å². The van der Waals surface area contributed by atoms with Crippen LogP contribution in [0, 0.1) is 3.57 Å². The molecule has 0 aliphatic rings. The smallest absolute Gasteiger partial charge is 0.0812 e. The Morgan fingerprint density at radius 1 is 1.29 bits per heavy atom. The largest absolute Gasteiger partial charge is 0.267 e. The number of nitrogens with zero attached hydrogens (tertiary/aromatic N) is 2. The second kappa shape index (κ2) is 3.90. The summed E-state index contributed by atoms with van der Waals surface area (Å²) in [6.07, 6.45) is 1.85. The van der Waals surface area contributed by atoms with Crippen molar-refractivity contribution in [3.05, 3.63) is 39.1 Å². The van der Waals surface area contributed by atoms with Crippen LogP contribution in [0.4, 0.5) is 0 Å². The summed E-state index contributed by atoms with van der Waals surface area (Å²) in [4.78, 5) is 0. The lowest BCUT2D eigenvalue weighted by atomic mass is 10.1. The number of rotatable bonds is 1. The van der Waals surface area contributed by atoms with Crippen LogP contribution in [0.1, 0.15) is 0 Å². The topological polar surface area (TPSA) is 17.8 Å². The van der Waals surface area contributed by atoms with E-state index in [0.29, 0.717) is 0 Å². The molecule has 2 aromatic rings. The highest BCUT2D eigenvalue weighted by Crippen LogP contribution is 2.25. The molecule has 0 aliphatic heterocycles. The molecule has 0 unspecified atom stereocenters. The van der Waals surface area contributed by atoms with Crippen LogP contribution in [-0.4, -0.2) is 9.78 Å². The van der Waals surface area contributed by atoms with E-state index in [9.17, 15) is 0 Å². The van der Waals surface area contributed by atoms with E-state index in [0.717, 1.165) is 19.9 Å². The van der Waals surface area contributed by atoms with Gasteiger partial charge >= 0.3 is 0 Å². The predicted molar refractivity (Wildman–Crippen MR) is 66.4 cm³/mol. The van der Waals surface area contributed by atoms with E-state index in [1.165, 1.54) is 0 Å². The molecule has 2 rings (SSSR count). The van der Waals surface area contributed by atoms with Crippen molar-refractivity contribution in [2.24, 2.45) is 7.05 Å². The molecule has 0 N–H and O–H groups in total. The number of benzene rings is 1. The maximum absolute atomic E-state index is 5.83. The Hall–Kier alpha value is -0.550. The van der Waals surface area contributed by atoms with Crippen LogP contribution >= 0.6 is 34.2 Å². The molecule has 1 aromatic heterocycles. The molecule has 1 aromatic carbocycles. The highest BCUT2D eigenvalue weighted by Gasteiger charge is 2.07. The lowest BCUT2D eigenvalue weighted by molar-refractivity contribution is 0.775. The highest BCUT2D eigenvalue weighted by atomic mass is 127. The molecular weight excluding hydrogens is 310 g/mol. The van der Waals surface area contributed by atoms with Crippen molar-refractivity contribution in [3.8, 4) is 11.3 Å². The number of aryl methyl sites for hydroxylation is 1. The summed E-state index contributed by atoms with van der Waals surface area (Å²) in [5.41, 5.74) is 2.26. The Bertz CT molecular complexity index is 428. The van der Waals surface area contributed by atoms with E-state index in [4.69, 9.17) is 11.6 Å². The van der Waals surface area contributed by atoms with Crippen LogP contribution in [0.25, 0.3) is 11.3 Å². The molecule has 0 atom stereocenters. The Balaban J connectivity index is 2.54. The van der Waals surface area contributed by atoms with Crippen molar-refractivity contribution < 1.29 is 0 Å². The van der Waals surface area contributed by atoms with E-state index < -0.39 is 0 Å². The molecule has 0 radical (unpaired) electrons. The Morgan fingerprint density at radius 3 is 2.43 bits per heavy atom. The first-order chi connectivity index (χ1) is 6.68. The molecular formula is C10H8ClIN2. The summed E-state index contributed by atoms with van der Waals surface area (Å²) < 4.78 is 3.01. The predicted octanol–water partition coefficient (Wildman–Crippen LogP) is 3.35. The Kier molecular flexibility index (Phi) is 2.78. The zero-order valence-corrected chi connectivity index (χ0v) is 10.5. The molecule has 0 saturated carbocycles. The van der Waals surface area contributed by atoms with Gasteiger partial charge in [0.05, 0.1) is 15.5 Å². The minimum Gasteiger partial charge on any atom is -0.267 e.